The van der Waals surface area contributed by atoms with Crippen LogP contribution in [0, 0.1) is 0 Å². The molecule has 0 rings (SSSR count). The van der Waals surface area contributed by atoms with Crippen LogP contribution in [0.2, 0.25) is 0 Å². The van der Waals surface area contributed by atoms with Gasteiger partial charge in [0.2, 0.25) is 0 Å². The number of carboxylic acid groups (broad SMARTS) is 2. The zero-order valence-corrected chi connectivity index (χ0v) is 6.91. The lowest BCUT2D eigenvalue weighted by Gasteiger charge is -2.07. The van der Waals surface area contributed by atoms with Gasteiger partial charge in [-0.15, -0.1) is 0 Å². The average Bonchev–Trinajstić information content (AvgIpc) is 1.87. The van der Waals surface area contributed by atoms with Crippen molar-refractivity contribution in [2.24, 2.45) is 0 Å². The predicted octanol–water partition coefficient (Wildman–Crippen LogP) is -0.314. The summed E-state index contributed by atoms with van der Waals surface area (Å²) in [6.45, 7) is 0. The summed E-state index contributed by atoms with van der Waals surface area (Å²) >= 11 is 0. The SMILES string of the molecule is CNC(CCC(=O)O)C(=O)O.N. The molecule has 0 aromatic rings. The van der Waals surface area contributed by atoms with E-state index < -0.39 is 18.0 Å². The summed E-state index contributed by atoms with van der Waals surface area (Å²) in [5.74, 6) is -2.00. The molecular formula is C6H14N2O4. The van der Waals surface area contributed by atoms with E-state index in [2.05, 4.69) is 5.32 Å². The van der Waals surface area contributed by atoms with Gasteiger partial charge in [-0.3, -0.25) is 9.59 Å². The zero-order valence-electron chi connectivity index (χ0n) is 6.91. The fourth-order valence-electron chi connectivity index (χ4n) is 0.659. The summed E-state index contributed by atoms with van der Waals surface area (Å²) in [6, 6.07) is -0.758. The third kappa shape index (κ3) is 5.63. The van der Waals surface area contributed by atoms with Crippen LogP contribution in [0.15, 0.2) is 0 Å². The maximum atomic E-state index is 10.3. The van der Waals surface area contributed by atoms with Crippen LogP contribution in [0.5, 0.6) is 0 Å². The quantitative estimate of drug-likeness (QED) is 0.458. The van der Waals surface area contributed by atoms with E-state index in [1.54, 1.807) is 0 Å². The van der Waals surface area contributed by atoms with E-state index in [0.29, 0.717) is 0 Å². The molecule has 12 heavy (non-hydrogen) atoms. The van der Waals surface area contributed by atoms with Crippen LogP contribution in [0.4, 0.5) is 0 Å². The van der Waals surface area contributed by atoms with Gasteiger partial charge < -0.3 is 21.7 Å². The van der Waals surface area contributed by atoms with Crippen molar-refractivity contribution in [2.75, 3.05) is 7.05 Å². The minimum absolute atomic E-state index is 0. The van der Waals surface area contributed by atoms with Crippen molar-refractivity contribution >= 4 is 11.9 Å². The number of nitrogens with one attached hydrogen (secondary N) is 1. The minimum atomic E-state index is -1.02. The van der Waals surface area contributed by atoms with Crippen molar-refractivity contribution in [3.05, 3.63) is 0 Å². The first-order valence-electron chi connectivity index (χ1n) is 3.19. The highest BCUT2D eigenvalue weighted by Crippen LogP contribution is 1.96. The van der Waals surface area contributed by atoms with Gasteiger partial charge in [0, 0.05) is 6.42 Å². The van der Waals surface area contributed by atoms with Crippen molar-refractivity contribution in [2.45, 2.75) is 18.9 Å². The molecule has 72 valence electrons. The van der Waals surface area contributed by atoms with Crippen LogP contribution in [-0.2, 0) is 9.59 Å². The molecule has 6 nitrogen and oxygen atoms in total. The van der Waals surface area contributed by atoms with Crippen molar-refractivity contribution in [3.8, 4) is 0 Å². The Balaban J connectivity index is 0. The molecule has 6 N–H and O–H groups in total. The molecule has 1 unspecified atom stereocenters. The summed E-state index contributed by atoms with van der Waals surface area (Å²) in [5, 5.41) is 19.1. The molecule has 0 radical (unpaired) electrons. The van der Waals surface area contributed by atoms with Crippen LogP contribution in [-0.4, -0.2) is 35.2 Å². The highest BCUT2D eigenvalue weighted by Gasteiger charge is 2.15. The van der Waals surface area contributed by atoms with E-state index in [4.69, 9.17) is 10.2 Å². The number of rotatable bonds is 5. The van der Waals surface area contributed by atoms with Gasteiger partial charge in [-0.2, -0.15) is 0 Å². The van der Waals surface area contributed by atoms with Crippen LogP contribution in [0.25, 0.3) is 0 Å². The number of hydrogen-bond donors (Lipinski definition) is 4. The standard InChI is InChI=1S/C6H11NO4.H3N/c1-7-4(6(10)11)2-3-5(8)9;/h4,7H,2-3H2,1H3,(H,8,9)(H,10,11);1H3. The lowest BCUT2D eigenvalue weighted by molar-refractivity contribution is -0.140. The van der Waals surface area contributed by atoms with Crippen LogP contribution in [0.1, 0.15) is 12.8 Å². The monoisotopic (exact) mass is 178 g/mol. The molecule has 0 amide bonds. The summed E-state index contributed by atoms with van der Waals surface area (Å²) in [7, 11) is 1.49. The maximum absolute atomic E-state index is 10.3. The second-order valence-corrected chi connectivity index (χ2v) is 2.11. The molecule has 0 fully saturated rings. The first kappa shape index (κ1) is 13.4. The summed E-state index contributed by atoms with van der Waals surface area (Å²) < 4.78 is 0. The Morgan fingerprint density at radius 1 is 1.42 bits per heavy atom. The number of likely N-dealkylation sites (N-methyl/N-ethyl adjacent to an activating group) is 1. The molecule has 0 heterocycles. The fourth-order valence-corrected chi connectivity index (χ4v) is 0.659. The minimum Gasteiger partial charge on any atom is -0.481 e. The van der Waals surface area contributed by atoms with E-state index >= 15 is 0 Å². The average molecular weight is 178 g/mol. The number of aliphatic carboxylic acids is 2. The summed E-state index contributed by atoms with van der Waals surface area (Å²) in [5.41, 5.74) is 0. The Hall–Kier alpha value is -1.14. The predicted molar refractivity (Wildman–Crippen MR) is 42.4 cm³/mol. The van der Waals surface area contributed by atoms with Crippen LogP contribution in [0.3, 0.4) is 0 Å². The molecule has 6 heteroatoms. The fraction of sp³-hybridized carbons (Fsp3) is 0.667. The van der Waals surface area contributed by atoms with E-state index in [1.807, 2.05) is 0 Å². The molecule has 0 aliphatic heterocycles. The third-order valence-corrected chi connectivity index (χ3v) is 1.29. The number of carbonyl (C=O) groups is 2. The molecule has 0 bridgehead atoms. The second-order valence-electron chi connectivity index (χ2n) is 2.11. The van der Waals surface area contributed by atoms with Crippen molar-refractivity contribution in [1.29, 1.82) is 0 Å². The van der Waals surface area contributed by atoms with E-state index in [9.17, 15) is 9.59 Å². The van der Waals surface area contributed by atoms with Crippen LogP contribution < -0.4 is 11.5 Å². The van der Waals surface area contributed by atoms with Crippen LogP contribution >= 0.6 is 0 Å². The Bertz CT molecular complexity index is 160. The highest BCUT2D eigenvalue weighted by atomic mass is 16.4. The second kappa shape index (κ2) is 6.56. The zero-order chi connectivity index (χ0) is 8.85. The van der Waals surface area contributed by atoms with Gasteiger partial charge >= 0.3 is 11.9 Å². The summed E-state index contributed by atoms with van der Waals surface area (Å²) in [6.07, 6.45) is -0.0149. The van der Waals surface area contributed by atoms with Gasteiger partial charge in [-0.25, -0.2) is 0 Å². The van der Waals surface area contributed by atoms with Gasteiger partial charge in [0.05, 0.1) is 0 Å². The molecule has 0 aliphatic carbocycles. The lowest BCUT2D eigenvalue weighted by atomic mass is 10.1. The molecule has 0 saturated heterocycles. The van der Waals surface area contributed by atoms with Crippen molar-refractivity contribution in [1.82, 2.24) is 11.5 Å². The first-order valence-corrected chi connectivity index (χ1v) is 3.19. The Labute approximate surface area is 70.2 Å². The normalized spacial score (nSPS) is 11.4. The molecule has 0 saturated carbocycles. The third-order valence-electron chi connectivity index (χ3n) is 1.29. The molecule has 1 atom stereocenters. The highest BCUT2D eigenvalue weighted by molar-refractivity contribution is 5.74. The molecule has 0 aromatic carbocycles. The molecular weight excluding hydrogens is 164 g/mol. The van der Waals surface area contributed by atoms with E-state index in [1.165, 1.54) is 7.05 Å². The molecule has 0 aromatic heterocycles. The largest absolute Gasteiger partial charge is 0.481 e. The first-order chi connectivity index (χ1) is 5.07. The van der Waals surface area contributed by atoms with E-state index in [-0.39, 0.29) is 19.0 Å². The maximum Gasteiger partial charge on any atom is 0.320 e. The van der Waals surface area contributed by atoms with E-state index in [0.717, 1.165) is 0 Å². The Kier molecular flexibility index (Phi) is 7.36. The van der Waals surface area contributed by atoms with Crippen molar-refractivity contribution < 1.29 is 19.8 Å². The van der Waals surface area contributed by atoms with Gasteiger partial charge in [0.15, 0.2) is 0 Å². The number of hydrogen-bond acceptors (Lipinski definition) is 4. The van der Waals surface area contributed by atoms with Gasteiger partial charge in [-0.1, -0.05) is 0 Å². The topological polar surface area (TPSA) is 122 Å². The lowest BCUT2D eigenvalue weighted by Crippen LogP contribution is -2.34. The Morgan fingerprint density at radius 2 is 1.92 bits per heavy atom. The number of carboxylic acids is 2. The molecule has 0 aliphatic rings. The molecule has 0 spiro atoms. The van der Waals surface area contributed by atoms with Crippen molar-refractivity contribution in [3.63, 3.8) is 0 Å². The van der Waals surface area contributed by atoms with Gasteiger partial charge in [-0.05, 0) is 13.5 Å². The van der Waals surface area contributed by atoms with Gasteiger partial charge in [0.1, 0.15) is 6.04 Å². The smallest absolute Gasteiger partial charge is 0.320 e. The van der Waals surface area contributed by atoms with Gasteiger partial charge in [0.25, 0.3) is 0 Å². The summed E-state index contributed by atoms with van der Waals surface area (Å²) in [4.78, 5) is 20.3. The Morgan fingerprint density at radius 3 is 2.17 bits per heavy atom.